The van der Waals surface area contributed by atoms with Crippen LogP contribution in [0, 0.1) is 10.7 Å². The molecule has 0 bridgehead atoms. The molecule has 3 heteroatoms. The molecule has 0 aromatic heterocycles. The zero-order valence-electron chi connectivity index (χ0n) is 8.54. The lowest BCUT2D eigenvalue weighted by Crippen LogP contribution is -1.81. The lowest BCUT2D eigenvalue weighted by Gasteiger charge is -2.03. The summed E-state index contributed by atoms with van der Waals surface area (Å²) in [6.45, 7) is 0. The number of benzene rings is 2. The minimum absolute atomic E-state index is 0.869. The van der Waals surface area contributed by atoms with E-state index in [4.69, 9.17) is 10.00 Å². The fraction of sp³-hybridized carbons (Fsp3) is 0. The fourth-order valence-corrected chi connectivity index (χ4v) is 1.11. The first-order valence-electron chi connectivity index (χ1n) is 4.66. The lowest BCUT2D eigenvalue weighted by atomic mass is 10.3. The Morgan fingerprint density at radius 3 is 1.44 bits per heavy atom. The number of hydrogen-bond donors (Lipinski definition) is 0. The Balaban J connectivity index is 0.000000386. The number of nitrogens with zero attached hydrogens (tertiary/aromatic N) is 1. The van der Waals surface area contributed by atoms with E-state index < -0.39 is 0 Å². The van der Waals surface area contributed by atoms with Gasteiger partial charge in [-0.15, -0.1) is 0 Å². The third-order valence-electron chi connectivity index (χ3n) is 1.72. The molecule has 2 nitrogen and oxygen atoms in total. The van der Waals surface area contributed by atoms with Gasteiger partial charge in [0.1, 0.15) is 11.5 Å². The topological polar surface area (TPSA) is 33.0 Å². The number of nitriles is 1. The second-order valence-electron chi connectivity index (χ2n) is 2.82. The van der Waals surface area contributed by atoms with Crippen molar-refractivity contribution in [2.45, 2.75) is 0 Å². The van der Waals surface area contributed by atoms with E-state index in [-0.39, 0.29) is 0 Å². The Labute approximate surface area is 101 Å². The maximum absolute atomic E-state index is 7.13. The molecule has 0 aliphatic carbocycles. The summed E-state index contributed by atoms with van der Waals surface area (Å²) in [7, 11) is 0. The molecule has 0 radical (unpaired) electrons. The Morgan fingerprint density at radius 2 is 1.12 bits per heavy atom. The van der Waals surface area contributed by atoms with Crippen molar-refractivity contribution in [1.29, 1.82) is 5.26 Å². The first-order valence-corrected chi connectivity index (χ1v) is 5.07. The van der Waals surface area contributed by atoms with Crippen LogP contribution in [0.15, 0.2) is 60.7 Å². The summed E-state index contributed by atoms with van der Waals surface area (Å²) < 4.78 is 5.58. The molecule has 16 heavy (non-hydrogen) atoms. The molecule has 0 heterocycles. The standard InChI is InChI=1S/C12H10O.CHNS/c1-3-7-11(8-4-1)13-12-9-5-2-6-10-12;2-1-3/h1-10H;3H/p-1. The van der Waals surface area contributed by atoms with Crippen LogP contribution in [0.25, 0.3) is 0 Å². The third kappa shape index (κ3) is 4.45. The van der Waals surface area contributed by atoms with Crippen molar-refractivity contribution in [3.63, 3.8) is 0 Å². The fourth-order valence-electron chi connectivity index (χ4n) is 1.11. The van der Waals surface area contributed by atoms with Crippen LogP contribution < -0.4 is 4.74 Å². The number of hydrogen-bond acceptors (Lipinski definition) is 3. The van der Waals surface area contributed by atoms with Crippen molar-refractivity contribution in [1.82, 2.24) is 0 Å². The summed E-state index contributed by atoms with van der Waals surface area (Å²) in [5, 5.41) is 8.47. The highest BCUT2D eigenvalue weighted by Gasteiger charge is 1.92. The van der Waals surface area contributed by atoms with Gasteiger partial charge in [-0.05, 0) is 24.3 Å². The van der Waals surface area contributed by atoms with Crippen molar-refractivity contribution in [2.75, 3.05) is 0 Å². The molecule has 2 aromatic rings. The van der Waals surface area contributed by atoms with E-state index in [0.717, 1.165) is 11.5 Å². The van der Waals surface area contributed by atoms with Crippen LogP contribution in [0.1, 0.15) is 0 Å². The predicted molar refractivity (Wildman–Crippen MR) is 65.9 cm³/mol. The maximum Gasteiger partial charge on any atom is 0.127 e. The molecule has 0 atom stereocenters. The molecule has 0 saturated heterocycles. The van der Waals surface area contributed by atoms with E-state index in [2.05, 4.69) is 12.6 Å². The quantitative estimate of drug-likeness (QED) is 0.582. The molecule has 0 spiro atoms. The number of para-hydroxylation sites is 2. The van der Waals surface area contributed by atoms with Crippen molar-refractivity contribution < 1.29 is 4.74 Å². The molecule has 0 fully saturated rings. The van der Waals surface area contributed by atoms with Crippen LogP contribution >= 0.6 is 0 Å². The second-order valence-corrected chi connectivity index (χ2v) is 3.00. The summed E-state index contributed by atoms with van der Waals surface area (Å²) in [5.74, 6) is 1.74. The molecule has 80 valence electrons. The van der Waals surface area contributed by atoms with Gasteiger partial charge in [0, 0.05) is 0 Å². The van der Waals surface area contributed by atoms with Crippen molar-refractivity contribution in [2.24, 2.45) is 0 Å². The summed E-state index contributed by atoms with van der Waals surface area (Å²) >= 11 is 3.70. The van der Waals surface area contributed by atoms with Crippen LogP contribution in [-0.2, 0) is 12.6 Å². The van der Waals surface area contributed by atoms with Gasteiger partial charge in [0.25, 0.3) is 0 Å². The monoisotopic (exact) mass is 228 g/mol. The van der Waals surface area contributed by atoms with E-state index in [1.54, 1.807) is 0 Å². The smallest absolute Gasteiger partial charge is 0.127 e. The van der Waals surface area contributed by atoms with Gasteiger partial charge in [-0.25, -0.2) is 5.26 Å². The first kappa shape index (κ1) is 12.0. The Morgan fingerprint density at radius 1 is 0.812 bits per heavy atom. The summed E-state index contributed by atoms with van der Waals surface area (Å²) in [6.07, 6.45) is 0. The van der Waals surface area contributed by atoms with Crippen LogP contribution in [0.3, 0.4) is 0 Å². The Hall–Kier alpha value is -2.05. The van der Waals surface area contributed by atoms with E-state index in [9.17, 15) is 0 Å². The largest absolute Gasteiger partial charge is 0.696 e. The Bertz CT molecular complexity index is 399. The average Bonchev–Trinajstić information content (AvgIpc) is 2.33. The van der Waals surface area contributed by atoms with Gasteiger partial charge in [-0.2, -0.15) is 0 Å². The number of ether oxygens (including phenoxy) is 1. The summed E-state index contributed by atoms with van der Waals surface area (Å²) in [5.41, 5.74) is 0. The molecule has 0 aliphatic heterocycles. The average molecular weight is 228 g/mol. The lowest BCUT2D eigenvalue weighted by molar-refractivity contribution is 0.482. The number of thiocyanates is 1. The molecule has 0 unspecified atom stereocenters. The van der Waals surface area contributed by atoms with Gasteiger partial charge < -0.3 is 17.4 Å². The molecule has 0 saturated carbocycles. The molecule has 0 amide bonds. The first-order chi connectivity index (χ1) is 7.86. The van der Waals surface area contributed by atoms with Gasteiger partial charge in [-0.3, -0.25) is 0 Å². The molecular formula is C13H10NOS-. The predicted octanol–water partition coefficient (Wildman–Crippen LogP) is 3.49. The maximum atomic E-state index is 7.13. The summed E-state index contributed by atoms with van der Waals surface area (Å²) in [6, 6.07) is 19.5. The second kappa shape index (κ2) is 7.27. The molecule has 2 rings (SSSR count). The van der Waals surface area contributed by atoms with E-state index >= 15 is 0 Å². The molecule has 0 aliphatic rings. The van der Waals surface area contributed by atoms with E-state index in [1.165, 1.54) is 5.40 Å². The van der Waals surface area contributed by atoms with Crippen molar-refractivity contribution in [3.8, 4) is 16.9 Å². The van der Waals surface area contributed by atoms with Gasteiger partial charge in [0.2, 0.25) is 0 Å². The highest BCUT2D eigenvalue weighted by molar-refractivity contribution is 7.64. The van der Waals surface area contributed by atoms with Gasteiger partial charge in [0.05, 0.1) is 0 Å². The van der Waals surface area contributed by atoms with Crippen molar-refractivity contribution >= 4 is 12.6 Å². The Kier molecular flexibility index (Phi) is 5.46. The minimum Gasteiger partial charge on any atom is -0.696 e. The van der Waals surface area contributed by atoms with Crippen LogP contribution in [0.2, 0.25) is 0 Å². The normalized spacial score (nSPS) is 8.19. The summed E-state index contributed by atoms with van der Waals surface area (Å²) in [4.78, 5) is 0. The van der Waals surface area contributed by atoms with Gasteiger partial charge in [0.15, 0.2) is 0 Å². The highest BCUT2D eigenvalue weighted by atomic mass is 32.1. The van der Waals surface area contributed by atoms with Gasteiger partial charge >= 0.3 is 0 Å². The SMILES string of the molecule is N#C[S-].c1ccc(Oc2ccccc2)cc1. The minimum atomic E-state index is 0.869. The van der Waals surface area contributed by atoms with E-state index in [1.807, 2.05) is 60.7 Å². The molecule has 0 N–H and O–H groups in total. The van der Waals surface area contributed by atoms with Gasteiger partial charge in [-0.1, -0.05) is 41.8 Å². The van der Waals surface area contributed by atoms with E-state index in [0.29, 0.717) is 0 Å². The number of rotatable bonds is 2. The van der Waals surface area contributed by atoms with Crippen molar-refractivity contribution in [3.05, 3.63) is 60.7 Å². The molecule has 2 aromatic carbocycles. The van der Waals surface area contributed by atoms with Crippen LogP contribution in [0.5, 0.6) is 11.5 Å². The third-order valence-corrected chi connectivity index (χ3v) is 1.72. The van der Waals surface area contributed by atoms with Crippen LogP contribution in [-0.4, -0.2) is 0 Å². The zero-order valence-corrected chi connectivity index (χ0v) is 9.35. The zero-order chi connectivity index (χ0) is 11.6. The highest BCUT2D eigenvalue weighted by Crippen LogP contribution is 2.19. The van der Waals surface area contributed by atoms with Crippen LogP contribution in [0.4, 0.5) is 0 Å². The molecular weight excluding hydrogens is 218 g/mol.